The summed E-state index contributed by atoms with van der Waals surface area (Å²) in [6.45, 7) is 9.14. The quantitative estimate of drug-likeness (QED) is 0.635. The van der Waals surface area contributed by atoms with Gasteiger partial charge in [-0.2, -0.15) is 0 Å². The lowest BCUT2D eigenvalue weighted by molar-refractivity contribution is 0.584. The van der Waals surface area contributed by atoms with Crippen LogP contribution in [0.25, 0.3) is 0 Å². The van der Waals surface area contributed by atoms with Crippen molar-refractivity contribution in [1.82, 2.24) is 4.72 Å². The minimum atomic E-state index is -3.58. The molecule has 0 amide bonds. The molecule has 0 atom stereocenters. The molecule has 0 bridgehead atoms. The highest BCUT2D eigenvalue weighted by molar-refractivity contribution is 7.89. The van der Waals surface area contributed by atoms with E-state index in [0.717, 1.165) is 11.1 Å². The molecule has 3 N–H and O–H groups in total. The third-order valence-corrected chi connectivity index (χ3v) is 4.05. The first-order valence-electron chi connectivity index (χ1n) is 5.25. The highest BCUT2D eigenvalue weighted by Crippen LogP contribution is 2.25. The van der Waals surface area contributed by atoms with E-state index in [9.17, 15) is 8.42 Å². The van der Waals surface area contributed by atoms with Gasteiger partial charge in [0.15, 0.2) is 0 Å². The predicted molar refractivity (Wildman–Crippen MR) is 70.3 cm³/mol. The molecule has 1 aromatic rings. The largest absolute Gasteiger partial charge is 0.397 e. The summed E-state index contributed by atoms with van der Waals surface area (Å²) >= 11 is 0. The highest BCUT2D eigenvalue weighted by atomic mass is 32.2. The summed E-state index contributed by atoms with van der Waals surface area (Å²) in [6.07, 6.45) is 0. The minimum Gasteiger partial charge on any atom is -0.397 e. The zero-order valence-corrected chi connectivity index (χ0v) is 11.2. The number of anilines is 1. The van der Waals surface area contributed by atoms with E-state index in [0.29, 0.717) is 11.3 Å². The van der Waals surface area contributed by atoms with Crippen LogP contribution in [0.5, 0.6) is 0 Å². The van der Waals surface area contributed by atoms with Crippen LogP contribution in [0.1, 0.15) is 18.1 Å². The molecule has 0 fully saturated rings. The zero-order chi connectivity index (χ0) is 13.2. The van der Waals surface area contributed by atoms with E-state index in [4.69, 9.17) is 5.73 Å². The van der Waals surface area contributed by atoms with Gasteiger partial charge in [-0.1, -0.05) is 24.3 Å². The van der Waals surface area contributed by atoms with Crippen LogP contribution in [-0.4, -0.2) is 15.0 Å². The second-order valence-corrected chi connectivity index (χ2v) is 5.93. The third-order valence-electron chi connectivity index (χ3n) is 2.44. The Morgan fingerprint density at radius 3 is 2.41 bits per heavy atom. The molecule has 17 heavy (non-hydrogen) atoms. The van der Waals surface area contributed by atoms with Crippen molar-refractivity contribution in [1.29, 1.82) is 0 Å². The van der Waals surface area contributed by atoms with Crippen LogP contribution in [-0.2, 0) is 10.0 Å². The average Bonchev–Trinajstić information content (AvgIpc) is 2.21. The Hall–Kier alpha value is -1.33. The van der Waals surface area contributed by atoms with E-state index in [-0.39, 0.29) is 11.4 Å². The molecule has 0 aliphatic heterocycles. The van der Waals surface area contributed by atoms with Crippen LogP contribution in [0.3, 0.4) is 0 Å². The number of hydrogen-bond acceptors (Lipinski definition) is 3. The SMILES string of the molecule is C=C(C)CNS(=O)(=O)c1c(C)ccc(C)c1N. The fourth-order valence-electron chi connectivity index (χ4n) is 1.45. The van der Waals surface area contributed by atoms with Gasteiger partial charge in [-0.3, -0.25) is 0 Å². The summed E-state index contributed by atoms with van der Waals surface area (Å²) in [5, 5.41) is 0. The van der Waals surface area contributed by atoms with E-state index in [1.165, 1.54) is 0 Å². The Kier molecular flexibility index (Phi) is 3.95. The lowest BCUT2D eigenvalue weighted by atomic mass is 10.1. The van der Waals surface area contributed by atoms with E-state index < -0.39 is 10.0 Å². The maximum atomic E-state index is 12.1. The molecule has 1 rings (SSSR count). The van der Waals surface area contributed by atoms with Crippen molar-refractivity contribution in [2.24, 2.45) is 0 Å². The van der Waals surface area contributed by atoms with Crippen molar-refractivity contribution in [3.05, 3.63) is 35.4 Å². The monoisotopic (exact) mass is 254 g/mol. The van der Waals surface area contributed by atoms with Crippen molar-refractivity contribution in [3.8, 4) is 0 Å². The molecule has 4 nitrogen and oxygen atoms in total. The topological polar surface area (TPSA) is 72.2 Å². The summed E-state index contributed by atoms with van der Waals surface area (Å²) in [4.78, 5) is 0.166. The second-order valence-electron chi connectivity index (χ2n) is 4.22. The van der Waals surface area contributed by atoms with Crippen LogP contribution in [0, 0.1) is 13.8 Å². The van der Waals surface area contributed by atoms with Gasteiger partial charge in [0, 0.05) is 6.54 Å². The molecule has 0 saturated carbocycles. The molecule has 94 valence electrons. The first kappa shape index (κ1) is 13.7. The lowest BCUT2D eigenvalue weighted by Gasteiger charge is -2.13. The Balaban J connectivity index is 3.24. The smallest absolute Gasteiger partial charge is 0.243 e. The third kappa shape index (κ3) is 3.08. The van der Waals surface area contributed by atoms with Crippen LogP contribution in [0.15, 0.2) is 29.2 Å². The number of benzene rings is 1. The summed E-state index contributed by atoms with van der Waals surface area (Å²) < 4.78 is 26.7. The lowest BCUT2D eigenvalue weighted by Crippen LogP contribution is -2.27. The number of nitrogens with one attached hydrogen (secondary N) is 1. The Labute approximate surface area is 103 Å². The summed E-state index contributed by atoms with van der Waals surface area (Å²) in [5.74, 6) is 0. The van der Waals surface area contributed by atoms with Crippen LogP contribution in [0.4, 0.5) is 5.69 Å². The van der Waals surface area contributed by atoms with Crippen LogP contribution < -0.4 is 10.5 Å². The van der Waals surface area contributed by atoms with Crippen molar-refractivity contribution in [3.63, 3.8) is 0 Å². The van der Waals surface area contributed by atoms with Gasteiger partial charge in [0.2, 0.25) is 10.0 Å². The fourth-order valence-corrected chi connectivity index (χ4v) is 2.98. The van der Waals surface area contributed by atoms with Gasteiger partial charge in [0.1, 0.15) is 4.90 Å². The van der Waals surface area contributed by atoms with Gasteiger partial charge < -0.3 is 5.73 Å². The number of sulfonamides is 1. The van der Waals surface area contributed by atoms with Gasteiger partial charge >= 0.3 is 0 Å². The van der Waals surface area contributed by atoms with Crippen LogP contribution in [0.2, 0.25) is 0 Å². The van der Waals surface area contributed by atoms with Gasteiger partial charge in [-0.25, -0.2) is 13.1 Å². The molecular weight excluding hydrogens is 236 g/mol. The van der Waals surface area contributed by atoms with E-state index >= 15 is 0 Å². The molecule has 0 saturated heterocycles. The molecule has 0 heterocycles. The number of hydrogen-bond donors (Lipinski definition) is 2. The first-order chi connectivity index (χ1) is 7.75. The van der Waals surface area contributed by atoms with Gasteiger partial charge in [0.25, 0.3) is 0 Å². The number of nitrogen functional groups attached to an aromatic ring is 1. The molecule has 5 heteroatoms. The van der Waals surface area contributed by atoms with E-state index in [1.54, 1.807) is 26.8 Å². The summed E-state index contributed by atoms with van der Waals surface area (Å²) in [6, 6.07) is 3.56. The normalized spacial score (nSPS) is 11.5. The van der Waals surface area contributed by atoms with Crippen LogP contribution >= 0.6 is 0 Å². The van der Waals surface area contributed by atoms with Crippen molar-refractivity contribution < 1.29 is 8.42 Å². The van der Waals surface area contributed by atoms with Gasteiger partial charge in [-0.15, -0.1) is 0 Å². The van der Waals surface area contributed by atoms with Crippen molar-refractivity contribution >= 4 is 15.7 Å². The molecule has 0 radical (unpaired) electrons. The number of nitrogens with two attached hydrogens (primary N) is 1. The van der Waals surface area contributed by atoms with Gasteiger partial charge in [0.05, 0.1) is 5.69 Å². The molecule has 0 unspecified atom stereocenters. The predicted octanol–water partition coefficient (Wildman–Crippen LogP) is 1.74. The fraction of sp³-hybridized carbons (Fsp3) is 0.333. The first-order valence-corrected chi connectivity index (χ1v) is 6.73. The maximum absolute atomic E-state index is 12.1. The molecule has 0 aromatic heterocycles. The molecule has 0 spiro atoms. The van der Waals surface area contributed by atoms with Gasteiger partial charge in [-0.05, 0) is 31.9 Å². The second kappa shape index (κ2) is 4.89. The maximum Gasteiger partial charge on any atom is 0.243 e. The van der Waals surface area contributed by atoms with E-state index in [2.05, 4.69) is 11.3 Å². The average molecular weight is 254 g/mol. The Bertz CT molecular complexity index is 548. The molecular formula is C12H18N2O2S. The molecule has 0 aliphatic carbocycles. The molecule has 0 aliphatic rings. The molecule has 1 aromatic carbocycles. The van der Waals surface area contributed by atoms with Crippen molar-refractivity contribution in [2.75, 3.05) is 12.3 Å². The van der Waals surface area contributed by atoms with E-state index in [1.807, 2.05) is 6.07 Å². The Morgan fingerprint density at radius 2 is 1.88 bits per heavy atom. The standard InChI is InChI=1S/C12H18N2O2S/c1-8(2)7-14-17(15,16)12-10(4)6-5-9(3)11(12)13/h5-6,14H,1,7,13H2,2-4H3. The zero-order valence-electron chi connectivity index (χ0n) is 10.4. The number of rotatable bonds is 4. The minimum absolute atomic E-state index is 0.166. The Morgan fingerprint density at radius 1 is 1.35 bits per heavy atom. The number of aryl methyl sites for hydroxylation is 2. The summed E-state index contributed by atoms with van der Waals surface area (Å²) in [7, 11) is -3.58. The van der Waals surface area contributed by atoms with Crippen molar-refractivity contribution in [2.45, 2.75) is 25.7 Å². The summed E-state index contributed by atoms with van der Waals surface area (Å²) in [5.41, 5.74) is 8.28. The highest BCUT2D eigenvalue weighted by Gasteiger charge is 2.20.